The predicted molar refractivity (Wildman–Crippen MR) is 98.2 cm³/mol. The van der Waals surface area contributed by atoms with Gasteiger partial charge in [0.2, 0.25) is 15.3 Å². The quantitative estimate of drug-likeness (QED) is 0.531. The van der Waals surface area contributed by atoms with Crippen LogP contribution in [0.2, 0.25) is 0 Å². The molecule has 0 spiro atoms. The Morgan fingerprint density at radius 1 is 0.957 bits per heavy atom. The minimum Gasteiger partial charge on any atom is -0.377 e. The maximum absolute atomic E-state index is 10.2. The van der Waals surface area contributed by atoms with Gasteiger partial charge in [0.05, 0.1) is 0 Å². The molecular weight excluding hydrogens is 300 g/mol. The van der Waals surface area contributed by atoms with Crippen LogP contribution in [0.1, 0.15) is 27.2 Å². The summed E-state index contributed by atoms with van der Waals surface area (Å²) in [5.74, 6) is 5.86. The van der Waals surface area contributed by atoms with Crippen LogP contribution in [0.4, 0.5) is 0 Å². The minimum absolute atomic E-state index is 0.127. The summed E-state index contributed by atoms with van der Waals surface area (Å²) in [4.78, 5) is 0. The molecule has 0 amide bonds. The molecule has 0 heterocycles. The zero-order chi connectivity index (χ0) is 16.7. The van der Waals surface area contributed by atoms with Crippen molar-refractivity contribution in [3.05, 3.63) is 60.7 Å². The highest BCUT2D eigenvalue weighted by Gasteiger charge is 2.20. The van der Waals surface area contributed by atoms with Crippen molar-refractivity contribution >= 4 is 19.4 Å². The second-order valence-electron chi connectivity index (χ2n) is 6.75. The first-order valence-electron chi connectivity index (χ1n) is 7.87. The Morgan fingerprint density at radius 2 is 1.43 bits per heavy atom. The average molecular weight is 324 g/mol. The van der Waals surface area contributed by atoms with Crippen LogP contribution in [-0.2, 0) is 4.43 Å². The lowest BCUT2D eigenvalue weighted by atomic mass is 9.93. The molecule has 1 N–H and O–H groups in total. The van der Waals surface area contributed by atoms with Gasteiger partial charge in [-0.1, -0.05) is 87.4 Å². The van der Waals surface area contributed by atoms with Crippen molar-refractivity contribution in [2.24, 2.45) is 5.41 Å². The molecule has 23 heavy (non-hydrogen) atoms. The van der Waals surface area contributed by atoms with E-state index in [4.69, 9.17) is 4.43 Å². The Labute approximate surface area is 140 Å². The maximum Gasteiger partial charge on any atom is 0.244 e. The van der Waals surface area contributed by atoms with E-state index in [1.54, 1.807) is 0 Å². The summed E-state index contributed by atoms with van der Waals surface area (Å²) < 4.78 is 5.96. The van der Waals surface area contributed by atoms with E-state index in [1.807, 2.05) is 36.4 Å². The molecule has 0 saturated heterocycles. The molecule has 0 saturated carbocycles. The molecule has 3 heteroatoms. The standard InChI is InChI=1S/C20H24O2Si/c1-20(2,3)16-10-15-19(21)22-23(17-11-6-4-7-12-17)18-13-8-5-9-14-18/h4-9,11-14,19,21,23H,16H2,1-3H3. The van der Waals surface area contributed by atoms with E-state index in [1.165, 1.54) is 0 Å². The molecule has 0 radical (unpaired) electrons. The Kier molecular flexibility index (Phi) is 6.17. The zero-order valence-electron chi connectivity index (χ0n) is 14.0. The van der Waals surface area contributed by atoms with Crippen molar-refractivity contribution in [2.45, 2.75) is 33.5 Å². The summed E-state index contributed by atoms with van der Waals surface area (Å²) in [5.41, 5.74) is 0.127. The van der Waals surface area contributed by atoms with Crippen molar-refractivity contribution in [1.82, 2.24) is 0 Å². The largest absolute Gasteiger partial charge is 0.377 e. The number of aliphatic hydroxyl groups is 1. The van der Waals surface area contributed by atoms with Gasteiger partial charge in [-0.25, -0.2) is 0 Å². The second-order valence-corrected chi connectivity index (χ2v) is 9.11. The molecule has 2 aromatic carbocycles. The first-order valence-corrected chi connectivity index (χ1v) is 9.50. The van der Waals surface area contributed by atoms with Crippen molar-refractivity contribution < 1.29 is 9.53 Å². The third kappa shape index (κ3) is 6.03. The van der Waals surface area contributed by atoms with E-state index in [-0.39, 0.29) is 5.41 Å². The van der Waals surface area contributed by atoms with Gasteiger partial charge < -0.3 is 9.53 Å². The summed E-state index contributed by atoms with van der Waals surface area (Å²) in [5, 5.41) is 12.4. The van der Waals surface area contributed by atoms with Crippen molar-refractivity contribution in [3.8, 4) is 11.8 Å². The van der Waals surface area contributed by atoms with Crippen LogP contribution >= 0.6 is 0 Å². The SMILES string of the molecule is CC(C)(C)CC#CC(O)O[SiH](c1ccccc1)c1ccccc1. The van der Waals surface area contributed by atoms with Crippen LogP contribution < -0.4 is 10.4 Å². The smallest absolute Gasteiger partial charge is 0.244 e. The highest BCUT2D eigenvalue weighted by molar-refractivity contribution is 6.80. The van der Waals surface area contributed by atoms with Gasteiger partial charge in [-0.15, -0.1) is 0 Å². The number of aliphatic hydroxyl groups excluding tert-OH is 1. The normalized spacial score (nSPS) is 12.6. The highest BCUT2D eigenvalue weighted by atomic mass is 28.3. The van der Waals surface area contributed by atoms with Gasteiger partial charge in [0.25, 0.3) is 0 Å². The monoisotopic (exact) mass is 324 g/mol. The molecule has 2 rings (SSSR count). The molecule has 1 unspecified atom stereocenters. The van der Waals surface area contributed by atoms with Crippen molar-refractivity contribution in [3.63, 3.8) is 0 Å². The van der Waals surface area contributed by atoms with Crippen molar-refractivity contribution in [1.29, 1.82) is 0 Å². The first-order chi connectivity index (χ1) is 11.0. The Morgan fingerprint density at radius 3 is 1.87 bits per heavy atom. The molecule has 120 valence electrons. The first kappa shape index (κ1) is 17.5. The molecule has 0 bridgehead atoms. The summed E-state index contributed by atoms with van der Waals surface area (Å²) in [6.45, 7) is 6.38. The van der Waals surface area contributed by atoms with Gasteiger partial charge in [0, 0.05) is 6.42 Å². The van der Waals surface area contributed by atoms with Crippen LogP contribution in [0.15, 0.2) is 60.7 Å². The molecule has 0 aromatic heterocycles. The zero-order valence-corrected chi connectivity index (χ0v) is 15.1. The summed E-state index contributed by atoms with van der Waals surface area (Å²) in [6.07, 6.45) is -0.314. The van der Waals surface area contributed by atoms with Crippen LogP contribution in [0.5, 0.6) is 0 Å². The summed E-state index contributed by atoms with van der Waals surface area (Å²) in [7, 11) is -1.95. The summed E-state index contributed by atoms with van der Waals surface area (Å²) >= 11 is 0. The number of hydrogen-bond donors (Lipinski definition) is 1. The maximum atomic E-state index is 10.2. The average Bonchev–Trinajstić information content (AvgIpc) is 2.53. The fraction of sp³-hybridized carbons (Fsp3) is 0.300. The highest BCUT2D eigenvalue weighted by Crippen LogP contribution is 2.16. The Bertz CT molecular complexity index is 611. The molecule has 2 aromatic rings. The fourth-order valence-electron chi connectivity index (χ4n) is 2.17. The van der Waals surface area contributed by atoms with Crippen LogP contribution in [-0.4, -0.2) is 20.4 Å². The van der Waals surface area contributed by atoms with E-state index in [0.717, 1.165) is 16.8 Å². The molecule has 0 aliphatic carbocycles. The topological polar surface area (TPSA) is 29.5 Å². The van der Waals surface area contributed by atoms with E-state index in [2.05, 4.69) is 56.9 Å². The fourth-order valence-corrected chi connectivity index (χ4v) is 4.34. The van der Waals surface area contributed by atoms with E-state index >= 15 is 0 Å². The minimum atomic E-state index is -1.95. The predicted octanol–water partition coefficient (Wildman–Crippen LogP) is 2.30. The van der Waals surface area contributed by atoms with Crippen LogP contribution in [0.3, 0.4) is 0 Å². The third-order valence-electron chi connectivity index (χ3n) is 3.31. The van der Waals surface area contributed by atoms with Crippen LogP contribution in [0, 0.1) is 17.3 Å². The van der Waals surface area contributed by atoms with E-state index < -0.39 is 15.3 Å². The van der Waals surface area contributed by atoms with Gasteiger partial charge >= 0.3 is 0 Å². The number of benzene rings is 2. The van der Waals surface area contributed by atoms with Gasteiger partial charge in [-0.05, 0) is 21.7 Å². The van der Waals surface area contributed by atoms with E-state index in [9.17, 15) is 5.11 Å². The molecule has 2 nitrogen and oxygen atoms in total. The molecule has 0 fully saturated rings. The van der Waals surface area contributed by atoms with Crippen molar-refractivity contribution in [2.75, 3.05) is 0 Å². The molecule has 1 atom stereocenters. The number of hydrogen-bond acceptors (Lipinski definition) is 2. The van der Waals surface area contributed by atoms with Gasteiger partial charge in [-0.2, -0.15) is 0 Å². The van der Waals surface area contributed by atoms with Gasteiger partial charge in [-0.3, -0.25) is 0 Å². The third-order valence-corrected chi connectivity index (χ3v) is 5.82. The molecule has 0 aliphatic rings. The molecule has 0 aliphatic heterocycles. The number of rotatable bonds is 4. The second kappa shape index (κ2) is 8.12. The van der Waals surface area contributed by atoms with Gasteiger partial charge in [0.15, 0.2) is 0 Å². The summed E-state index contributed by atoms with van der Waals surface area (Å²) in [6, 6.07) is 20.2. The van der Waals surface area contributed by atoms with Crippen LogP contribution in [0.25, 0.3) is 0 Å². The lowest BCUT2D eigenvalue weighted by Gasteiger charge is -2.19. The lowest BCUT2D eigenvalue weighted by molar-refractivity contribution is 0.0345. The van der Waals surface area contributed by atoms with E-state index in [0.29, 0.717) is 0 Å². The molecular formula is C20H24O2Si. The Balaban J connectivity index is 2.16. The lowest BCUT2D eigenvalue weighted by Crippen LogP contribution is -2.47. The Hall–Kier alpha value is -1.86. The van der Waals surface area contributed by atoms with Gasteiger partial charge in [0.1, 0.15) is 0 Å².